The number of pyridine rings is 1. The number of hydrogen-bond acceptors (Lipinski definition) is 11. The number of hydrazine groups is 1. The summed E-state index contributed by atoms with van der Waals surface area (Å²) in [7, 11) is 0. The Hall–Kier alpha value is -5.88. The maximum absolute atomic E-state index is 13.3. The molecular weight excluding hydrogens is 761 g/mol. The van der Waals surface area contributed by atoms with Crippen molar-refractivity contribution in [3.63, 3.8) is 0 Å². The van der Waals surface area contributed by atoms with E-state index < -0.39 is 52.8 Å². The lowest BCUT2D eigenvalue weighted by atomic mass is 9.92. The second-order valence-corrected chi connectivity index (χ2v) is 15.7. The number of nitrogens with zero attached hydrogens (tertiary/aromatic N) is 6. The number of rotatable bonds is 8. The molecule has 58 heavy (non-hydrogen) atoms. The number of aromatic nitrogens is 2. The predicted octanol–water partition coefficient (Wildman–Crippen LogP) is 5.27. The van der Waals surface area contributed by atoms with Crippen molar-refractivity contribution < 1.29 is 46.7 Å². The molecule has 18 heteroatoms. The van der Waals surface area contributed by atoms with Crippen molar-refractivity contribution in [2.45, 2.75) is 63.6 Å². The largest absolute Gasteiger partial charge is 0.440 e. The fraction of sp³-hybridized carbons (Fsp3) is 0.425. The molecule has 3 fully saturated rings. The Morgan fingerprint density at radius 2 is 1.64 bits per heavy atom. The van der Waals surface area contributed by atoms with E-state index in [9.17, 15) is 42.3 Å². The fourth-order valence-electron chi connectivity index (χ4n) is 8.16. The molecular formula is C40H41F3N8O7. The number of halogens is 3. The molecule has 0 atom stereocenters. The molecule has 0 radical (unpaired) electrons. The van der Waals surface area contributed by atoms with Gasteiger partial charge in [0.25, 0.3) is 17.7 Å². The molecule has 4 aliphatic heterocycles. The van der Waals surface area contributed by atoms with E-state index in [2.05, 4.69) is 25.4 Å². The van der Waals surface area contributed by atoms with Gasteiger partial charge >= 0.3 is 12.2 Å². The summed E-state index contributed by atoms with van der Waals surface area (Å²) in [5.41, 5.74) is -0.435. The number of likely N-dealkylation sites (tertiary alicyclic amines) is 1. The summed E-state index contributed by atoms with van der Waals surface area (Å²) in [6, 6.07) is 10.6. The topological polar surface area (TPSA) is 182 Å². The number of amides is 6. The number of aliphatic hydroxyl groups is 1. The lowest BCUT2D eigenvalue weighted by Crippen LogP contribution is -2.58. The first-order valence-electron chi connectivity index (χ1n) is 19.2. The zero-order valence-corrected chi connectivity index (χ0v) is 31.8. The quantitative estimate of drug-likeness (QED) is 0.198. The number of alkyl halides is 3. The molecule has 304 valence electrons. The van der Waals surface area contributed by atoms with Gasteiger partial charge in [-0.3, -0.25) is 24.5 Å². The summed E-state index contributed by atoms with van der Waals surface area (Å²) in [5.74, 6) is -1.47. The Balaban J connectivity index is 0.863. The summed E-state index contributed by atoms with van der Waals surface area (Å²) in [6.45, 7) is 7.16. The summed E-state index contributed by atoms with van der Waals surface area (Å²) in [6.07, 6.45) is -1.23. The number of piperidine rings is 2. The van der Waals surface area contributed by atoms with Gasteiger partial charge in [-0.15, -0.1) is 0 Å². The van der Waals surface area contributed by atoms with E-state index in [4.69, 9.17) is 9.40 Å². The van der Waals surface area contributed by atoms with Crippen molar-refractivity contribution in [1.29, 1.82) is 0 Å². The van der Waals surface area contributed by atoms with Gasteiger partial charge in [-0.1, -0.05) is 6.07 Å². The van der Waals surface area contributed by atoms with Gasteiger partial charge in [0.2, 0.25) is 5.91 Å². The lowest BCUT2D eigenvalue weighted by molar-refractivity contribution is -0.141. The number of imide groups is 2. The van der Waals surface area contributed by atoms with Crippen LogP contribution in [-0.4, -0.2) is 98.9 Å². The van der Waals surface area contributed by atoms with Gasteiger partial charge in [0.1, 0.15) is 16.9 Å². The molecule has 0 spiro atoms. The molecule has 8 rings (SSSR count). The Bertz CT molecular complexity index is 2320. The van der Waals surface area contributed by atoms with Crippen LogP contribution in [0.2, 0.25) is 0 Å². The Labute approximate surface area is 330 Å². The highest BCUT2D eigenvalue weighted by molar-refractivity contribution is 6.22. The average Bonchev–Trinajstić information content (AvgIpc) is 3.71. The zero-order chi connectivity index (χ0) is 41.1. The van der Waals surface area contributed by atoms with E-state index in [1.165, 1.54) is 26.0 Å². The van der Waals surface area contributed by atoms with Crippen molar-refractivity contribution in [2.75, 3.05) is 49.5 Å². The van der Waals surface area contributed by atoms with E-state index in [-0.39, 0.29) is 35.7 Å². The van der Waals surface area contributed by atoms with Crippen molar-refractivity contribution in [3.8, 4) is 0 Å². The third kappa shape index (κ3) is 7.60. The van der Waals surface area contributed by atoms with Crippen LogP contribution >= 0.6 is 0 Å². The predicted molar refractivity (Wildman–Crippen MR) is 202 cm³/mol. The Kier molecular flexibility index (Phi) is 9.95. The smallest absolute Gasteiger partial charge is 0.433 e. The minimum atomic E-state index is -4.72. The summed E-state index contributed by atoms with van der Waals surface area (Å²) in [5, 5.41) is 17.5. The normalized spacial score (nSPS) is 19.0. The van der Waals surface area contributed by atoms with Crippen LogP contribution in [0.5, 0.6) is 0 Å². The monoisotopic (exact) mass is 802 g/mol. The number of carbonyl (C=O) groups is 5. The highest BCUT2D eigenvalue weighted by Gasteiger charge is 2.43. The molecule has 0 aliphatic carbocycles. The van der Waals surface area contributed by atoms with Crippen LogP contribution in [-0.2, 0) is 16.6 Å². The third-order valence-corrected chi connectivity index (χ3v) is 11.3. The Morgan fingerprint density at radius 1 is 0.914 bits per heavy atom. The molecule has 4 aliphatic rings. The number of anilines is 2. The van der Waals surface area contributed by atoms with Gasteiger partial charge in [0, 0.05) is 49.3 Å². The highest BCUT2D eigenvalue weighted by atomic mass is 19.4. The van der Waals surface area contributed by atoms with Crippen molar-refractivity contribution in [3.05, 3.63) is 82.5 Å². The fourth-order valence-corrected chi connectivity index (χ4v) is 8.16. The second kappa shape index (κ2) is 14.8. The van der Waals surface area contributed by atoms with Gasteiger partial charge in [-0.05, 0) is 94.9 Å². The van der Waals surface area contributed by atoms with E-state index in [1.54, 1.807) is 18.2 Å². The molecule has 0 unspecified atom stereocenters. The van der Waals surface area contributed by atoms with Crippen LogP contribution in [0.1, 0.15) is 100 Å². The van der Waals surface area contributed by atoms with Crippen molar-refractivity contribution in [1.82, 2.24) is 30.2 Å². The van der Waals surface area contributed by atoms with Crippen LogP contribution in [0.25, 0.3) is 11.1 Å². The summed E-state index contributed by atoms with van der Waals surface area (Å²) in [4.78, 5) is 76.2. The molecule has 2 aromatic heterocycles. The molecule has 15 nitrogen and oxygen atoms in total. The van der Waals surface area contributed by atoms with Gasteiger partial charge in [-0.2, -0.15) is 18.2 Å². The van der Waals surface area contributed by atoms with Gasteiger partial charge in [0.05, 0.1) is 29.0 Å². The first kappa shape index (κ1) is 39.0. The van der Waals surface area contributed by atoms with Gasteiger partial charge < -0.3 is 24.6 Å². The summed E-state index contributed by atoms with van der Waals surface area (Å²) < 4.78 is 45.9. The molecule has 6 heterocycles. The van der Waals surface area contributed by atoms with E-state index in [0.29, 0.717) is 28.5 Å². The SMILES string of the molecule is CC(C)(O)c1cc2nc(C3CCN(CC4CCN(c5ccc6c(c5)C(=O)N(N5CCC(=O)NC5=O)C6=O)CC4)CC3)oc2cc1NC(=O)c1cccc(C(F)(F)F)n1. The number of benzene rings is 2. The minimum absolute atomic E-state index is 0.00877. The van der Waals surface area contributed by atoms with Crippen LogP contribution in [0.3, 0.4) is 0 Å². The second-order valence-electron chi connectivity index (χ2n) is 15.7. The van der Waals surface area contributed by atoms with E-state index in [1.807, 2.05) is 6.07 Å². The van der Waals surface area contributed by atoms with Crippen LogP contribution in [0.15, 0.2) is 52.9 Å². The molecule has 4 aromatic rings. The Morgan fingerprint density at radius 3 is 2.33 bits per heavy atom. The molecule has 3 saturated heterocycles. The van der Waals surface area contributed by atoms with Crippen LogP contribution in [0.4, 0.5) is 29.3 Å². The molecule has 0 saturated carbocycles. The number of oxazole rings is 1. The summed E-state index contributed by atoms with van der Waals surface area (Å²) >= 11 is 0. The maximum atomic E-state index is 13.3. The minimum Gasteiger partial charge on any atom is -0.440 e. The van der Waals surface area contributed by atoms with Crippen molar-refractivity contribution >= 4 is 52.1 Å². The lowest BCUT2D eigenvalue weighted by Gasteiger charge is -2.38. The number of fused-ring (bicyclic) bond motifs is 2. The average molecular weight is 803 g/mol. The number of urea groups is 1. The number of carbonyl (C=O) groups excluding carboxylic acids is 5. The third-order valence-electron chi connectivity index (χ3n) is 11.3. The van der Waals surface area contributed by atoms with Crippen molar-refractivity contribution in [2.24, 2.45) is 5.92 Å². The van der Waals surface area contributed by atoms with E-state index >= 15 is 0 Å². The van der Waals surface area contributed by atoms with Crippen LogP contribution in [0, 0.1) is 5.92 Å². The highest BCUT2D eigenvalue weighted by Crippen LogP contribution is 2.37. The standard InChI is InChI=1S/C40H41F3N8O7/c1-39(2,57)27-19-30-31(20-29(27)45-34(53)28-4-3-5-32(44-28)40(41,42)43)58-35(46-30)23-10-13-48(14-11-23)21-22-8-15-49(16-9-22)24-6-7-25-26(18-24)37(55)51(36(25)54)50-17-12-33(52)47-38(50)56/h3-7,18-20,22-23,57H,8-17,21H2,1-2H3,(H,45,53)(H,47,52,56). The number of hydrogen-bond donors (Lipinski definition) is 3. The molecule has 6 amide bonds. The molecule has 3 N–H and O–H groups in total. The molecule has 0 bridgehead atoms. The maximum Gasteiger partial charge on any atom is 0.433 e. The van der Waals surface area contributed by atoms with Gasteiger partial charge in [-0.25, -0.2) is 19.8 Å². The van der Waals surface area contributed by atoms with Crippen LogP contribution < -0.4 is 15.5 Å². The van der Waals surface area contributed by atoms with E-state index in [0.717, 1.165) is 86.2 Å². The molecule has 2 aromatic carbocycles. The first-order valence-corrected chi connectivity index (χ1v) is 19.2. The zero-order valence-electron chi connectivity index (χ0n) is 31.8. The van der Waals surface area contributed by atoms with Gasteiger partial charge in [0.15, 0.2) is 11.5 Å². The first-order chi connectivity index (χ1) is 27.5. The number of nitrogens with one attached hydrogen (secondary N) is 2.